The van der Waals surface area contributed by atoms with E-state index in [9.17, 15) is 0 Å². The van der Waals surface area contributed by atoms with Crippen molar-refractivity contribution in [2.24, 2.45) is 0 Å². The molecule has 5 nitrogen and oxygen atoms in total. The number of aromatic nitrogens is 2. The zero-order valence-corrected chi connectivity index (χ0v) is 11.2. The molecule has 1 heterocycles. The van der Waals surface area contributed by atoms with Gasteiger partial charge in [-0.25, -0.2) is 4.98 Å². The predicted molar refractivity (Wildman–Crippen MR) is 71.9 cm³/mol. The van der Waals surface area contributed by atoms with Gasteiger partial charge in [-0.2, -0.15) is 4.98 Å². The number of nitrogen functional groups attached to an aromatic ring is 1. The van der Waals surface area contributed by atoms with Gasteiger partial charge in [0.1, 0.15) is 5.82 Å². The SMILES string of the molecule is CCCC(O)CC.CNc1ncc(C)c(N)n1. The number of hydrogen-bond acceptors (Lipinski definition) is 5. The highest BCUT2D eigenvalue weighted by atomic mass is 16.3. The molecule has 0 saturated heterocycles. The molecule has 1 rings (SSSR count). The van der Waals surface area contributed by atoms with E-state index in [2.05, 4.69) is 22.2 Å². The molecule has 0 radical (unpaired) electrons. The van der Waals surface area contributed by atoms with Crippen LogP contribution in [0.4, 0.5) is 11.8 Å². The molecule has 1 unspecified atom stereocenters. The number of nitrogens with zero attached hydrogens (tertiary/aromatic N) is 2. The maximum absolute atomic E-state index is 8.86. The van der Waals surface area contributed by atoms with E-state index in [0.29, 0.717) is 11.8 Å². The fourth-order valence-electron chi connectivity index (χ4n) is 1.11. The van der Waals surface area contributed by atoms with Crippen LogP contribution in [-0.4, -0.2) is 28.2 Å². The number of anilines is 2. The first-order valence-corrected chi connectivity index (χ1v) is 6.00. The van der Waals surface area contributed by atoms with Crippen molar-refractivity contribution in [3.8, 4) is 0 Å². The smallest absolute Gasteiger partial charge is 0.224 e. The molecule has 0 aliphatic heterocycles. The van der Waals surface area contributed by atoms with Crippen LogP contribution >= 0.6 is 0 Å². The van der Waals surface area contributed by atoms with E-state index >= 15 is 0 Å². The zero-order chi connectivity index (χ0) is 13.3. The van der Waals surface area contributed by atoms with Crippen LogP contribution in [0.3, 0.4) is 0 Å². The molecule has 1 aromatic rings. The molecule has 1 atom stereocenters. The third-order valence-corrected chi connectivity index (χ3v) is 2.33. The Morgan fingerprint density at radius 2 is 2.12 bits per heavy atom. The molecule has 0 spiro atoms. The topological polar surface area (TPSA) is 84.1 Å². The van der Waals surface area contributed by atoms with Gasteiger partial charge in [-0.15, -0.1) is 0 Å². The first-order valence-electron chi connectivity index (χ1n) is 6.00. The van der Waals surface area contributed by atoms with Crippen LogP contribution in [0.15, 0.2) is 6.20 Å². The Balaban J connectivity index is 0.000000325. The Hall–Kier alpha value is -1.36. The summed E-state index contributed by atoms with van der Waals surface area (Å²) in [7, 11) is 1.75. The van der Waals surface area contributed by atoms with Crippen molar-refractivity contribution < 1.29 is 5.11 Å². The van der Waals surface area contributed by atoms with Crippen LogP contribution < -0.4 is 11.1 Å². The van der Waals surface area contributed by atoms with E-state index in [1.807, 2.05) is 13.8 Å². The van der Waals surface area contributed by atoms with Gasteiger partial charge in [-0.1, -0.05) is 20.3 Å². The van der Waals surface area contributed by atoms with Gasteiger partial charge in [0, 0.05) is 18.8 Å². The maximum atomic E-state index is 8.86. The maximum Gasteiger partial charge on any atom is 0.224 e. The predicted octanol–water partition coefficient (Wildman–Crippen LogP) is 1.97. The fraction of sp³-hybridized carbons (Fsp3) is 0.667. The number of aliphatic hydroxyl groups excluding tert-OH is 1. The molecule has 0 amide bonds. The molecule has 0 saturated carbocycles. The van der Waals surface area contributed by atoms with E-state index in [0.717, 1.165) is 24.8 Å². The summed E-state index contributed by atoms with van der Waals surface area (Å²) in [6.45, 7) is 5.95. The van der Waals surface area contributed by atoms with Crippen molar-refractivity contribution in [2.45, 2.75) is 46.1 Å². The molecule has 0 aromatic carbocycles. The van der Waals surface area contributed by atoms with Crippen molar-refractivity contribution in [3.63, 3.8) is 0 Å². The summed E-state index contributed by atoms with van der Waals surface area (Å²) in [5.74, 6) is 1.09. The number of aliphatic hydroxyl groups is 1. The highest BCUT2D eigenvalue weighted by Crippen LogP contribution is 2.06. The lowest BCUT2D eigenvalue weighted by atomic mass is 10.2. The van der Waals surface area contributed by atoms with Gasteiger partial charge >= 0.3 is 0 Å². The normalized spacial score (nSPS) is 11.4. The minimum absolute atomic E-state index is 0.0509. The lowest BCUT2D eigenvalue weighted by molar-refractivity contribution is 0.159. The van der Waals surface area contributed by atoms with Crippen molar-refractivity contribution in [1.82, 2.24) is 9.97 Å². The zero-order valence-electron chi connectivity index (χ0n) is 11.2. The summed E-state index contributed by atoms with van der Waals surface area (Å²) < 4.78 is 0. The summed E-state index contributed by atoms with van der Waals surface area (Å²) in [5, 5.41) is 11.7. The molecular formula is C12H24N4O. The van der Waals surface area contributed by atoms with E-state index in [1.54, 1.807) is 13.2 Å². The first kappa shape index (κ1) is 15.6. The molecule has 1 aromatic heterocycles. The lowest BCUT2D eigenvalue weighted by Crippen LogP contribution is -2.01. The number of nitrogens with one attached hydrogen (secondary N) is 1. The Labute approximate surface area is 103 Å². The van der Waals surface area contributed by atoms with Crippen molar-refractivity contribution in [2.75, 3.05) is 18.1 Å². The molecule has 5 heteroatoms. The highest BCUT2D eigenvalue weighted by molar-refractivity contribution is 5.41. The first-order chi connectivity index (χ1) is 8.04. The second-order valence-corrected chi connectivity index (χ2v) is 3.86. The number of rotatable bonds is 4. The second-order valence-electron chi connectivity index (χ2n) is 3.86. The minimum atomic E-state index is -0.0509. The van der Waals surface area contributed by atoms with E-state index in [-0.39, 0.29) is 6.10 Å². The van der Waals surface area contributed by atoms with Gasteiger partial charge < -0.3 is 16.2 Å². The summed E-state index contributed by atoms with van der Waals surface area (Å²) in [5.41, 5.74) is 6.41. The summed E-state index contributed by atoms with van der Waals surface area (Å²) >= 11 is 0. The summed E-state index contributed by atoms with van der Waals surface area (Å²) in [6, 6.07) is 0. The molecule has 0 aliphatic carbocycles. The Morgan fingerprint density at radius 3 is 2.47 bits per heavy atom. The van der Waals surface area contributed by atoms with Crippen LogP contribution in [0, 0.1) is 6.92 Å². The molecule has 0 bridgehead atoms. The van der Waals surface area contributed by atoms with Crippen LogP contribution in [0.25, 0.3) is 0 Å². The Morgan fingerprint density at radius 1 is 1.47 bits per heavy atom. The van der Waals surface area contributed by atoms with Gasteiger partial charge in [0.25, 0.3) is 0 Å². The highest BCUT2D eigenvalue weighted by Gasteiger charge is 1.95. The van der Waals surface area contributed by atoms with Gasteiger partial charge in [0.05, 0.1) is 6.10 Å². The van der Waals surface area contributed by atoms with Crippen LogP contribution in [-0.2, 0) is 0 Å². The largest absolute Gasteiger partial charge is 0.393 e. The van der Waals surface area contributed by atoms with Gasteiger partial charge in [-0.05, 0) is 19.8 Å². The van der Waals surface area contributed by atoms with E-state index in [4.69, 9.17) is 10.8 Å². The fourth-order valence-corrected chi connectivity index (χ4v) is 1.11. The lowest BCUT2D eigenvalue weighted by Gasteiger charge is -2.01. The molecular weight excluding hydrogens is 216 g/mol. The van der Waals surface area contributed by atoms with Crippen molar-refractivity contribution >= 4 is 11.8 Å². The molecule has 17 heavy (non-hydrogen) atoms. The van der Waals surface area contributed by atoms with E-state index in [1.165, 1.54) is 0 Å². The number of hydrogen-bond donors (Lipinski definition) is 3. The average molecular weight is 240 g/mol. The number of nitrogens with two attached hydrogens (primary N) is 1. The van der Waals surface area contributed by atoms with Crippen molar-refractivity contribution in [3.05, 3.63) is 11.8 Å². The standard InChI is InChI=1S/C6H10N4.C6H14O/c1-4-3-9-6(8-2)10-5(4)7;1-3-5-6(7)4-2/h3H,1-2H3,(H3,7,8,9,10);6-7H,3-5H2,1-2H3. The summed E-state index contributed by atoms with van der Waals surface area (Å²) in [6.07, 6.45) is 4.58. The summed E-state index contributed by atoms with van der Waals surface area (Å²) in [4.78, 5) is 7.90. The van der Waals surface area contributed by atoms with Crippen LogP contribution in [0.5, 0.6) is 0 Å². The number of aryl methyl sites for hydroxylation is 1. The average Bonchev–Trinajstić information content (AvgIpc) is 2.33. The second kappa shape index (κ2) is 8.75. The van der Waals surface area contributed by atoms with Gasteiger partial charge in [-0.3, -0.25) is 0 Å². The third-order valence-electron chi connectivity index (χ3n) is 2.33. The quantitative estimate of drug-likeness (QED) is 0.749. The van der Waals surface area contributed by atoms with Crippen LogP contribution in [0.2, 0.25) is 0 Å². The van der Waals surface area contributed by atoms with Crippen molar-refractivity contribution in [1.29, 1.82) is 0 Å². The van der Waals surface area contributed by atoms with Crippen LogP contribution in [0.1, 0.15) is 38.7 Å². The third kappa shape index (κ3) is 6.73. The molecule has 0 fully saturated rings. The van der Waals surface area contributed by atoms with E-state index < -0.39 is 0 Å². The Bertz CT molecular complexity index is 317. The molecule has 0 aliphatic rings. The Kier molecular flexibility index (Phi) is 8.05. The van der Waals surface area contributed by atoms with Gasteiger partial charge in [0.15, 0.2) is 0 Å². The molecule has 98 valence electrons. The molecule has 4 N–H and O–H groups in total. The monoisotopic (exact) mass is 240 g/mol. The minimum Gasteiger partial charge on any atom is -0.393 e. The van der Waals surface area contributed by atoms with Gasteiger partial charge in [0.2, 0.25) is 5.95 Å².